The molecule has 0 N–H and O–H groups in total. The zero-order valence-electron chi connectivity index (χ0n) is 12.8. The molecule has 1 heterocycles. The lowest BCUT2D eigenvalue weighted by Crippen LogP contribution is -2.35. The second kappa shape index (κ2) is 4.32. The van der Waals surface area contributed by atoms with Crippen LogP contribution in [-0.2, 0) is 4.75 Å². The van der Waals surface area contributed by atoms with Crippen molar-refractivity contribution < 1.29 is 9.59 Å². The third-order valence-corrected chi connectivity index (χ3v) is 6.39. The van der Waals surface area contributed by atoms with E-state index in [0.717, 1.165) is 22.3 Å². The standard InChI is InChI=1S/C19H16O2S/c1-10-4-6-13(7-5-10)19-17(21)15-9-12(3)11(2)8-14(15)16(20)18(19)22-19/h4-9,18H,1-3H3. The smallest absolute Gasteiger partial charge is 0.185 e. The van der Waals surface area contributed by atoms with Crippen molar-refractivity contribution in [2.24, 2.45) is 0 Å². The van der Waals surface area contributed by atoms with Gasteiger partial charge in [0.15, 0.2) is 11.6 Å². The number of ketones is 2. The summed E-state index contributed by atoms with van der Waals surface area (Å²) in [7, 11) is 0. The number of benzene rings is 2. The zero-order valence-corrected chi connectivity index (χ0v) is 13.6. The van der Waals surface area contributed by atoms with E-state index < -0.39 is 4.75 Å². The van der Waals surface area contributed by atoms with Gasteiger partial charge in [-0.3, -0.25) is 9.59 Å². The maximum Gasteiger partial charge on any atom is 0.185 e. The molecule has 0 spiro atoms. The summed E-state index contributed by atoms with van der Waals surface area (Å²) in [4.78, 5) is 25.8. The van der Waals surface area contributed by atoms with Crippen LogP contribution in [0.3, 0.4) is 0 Å². The van der Waals surface area contributed by atoms with Gasteiger partial charge in [-0.15, -0.1) is 11.8 Å². The van der Waals surface area contributed by atoms with Crippen molar-refractivity contribution in [3.8, 4) is 0 Å². The number of fused-ring (bicyclic) bond motifs is 2. The van der Waals surface area contributed by atoms with Crippen LogP contribution in [-0.4, -0.2) is 16.8 Å². The SMILES string of the molecule is Cc1ccc(C23SC2C(=O)c2cc(C)c(C)cc2C3=O)cc1. The summed E-state index contributed by atoms with van der Waals surface area (Å²) in [5.74, 6) is 0.187. The summed E-state index contributed by atoms with van der Waals surface area (Å²) in [6.45, 7) is 5.99. The second-order valence-electron chi connectivity index (χ2n) is 6.27. The molecule has 2 aliphatic rings. The molecular weight excluding hydrogens is 292 g/mol. The van der Waals surface area contributed by atoms with Gasteiger partial charge in [0.1, 0.15) is 4.75 Å². The zero-order chi connectivity index (χ0) is 15.6. The van der Waals surface area contributed by atoms with Crippen molar-refractivity contribution >= 4 is 23.3 Å². The van der Waals surface area contributed by atoms with Crippen LogP contribution in [0.25, 0.3) is 0 Å². The highest BCUT2D eigenvalue weighted by Crippen LogP contribution is 2.66. The van der Waals surface area contributed by atoms with Crippen LogP contribution in [0.1, 0.15) is 43.0 Å². The molecule has 2 unspecified atom stereocenters. The van der Waals surface area contributed by atoms with Crippen LogP contribution in [0, 0.1) is 20.8 Å². The Bertz CT molecular complexity index is 835. The molecular formula is C19H16O2S. The van der Waals surface area contributed by atoms with Crippen LogP contribution in [0.5, 0.6) is 0 Å². The lowest BCUT2D eigenvalue weighted by atomic mass is 9.77. The summed E-state index contributed by atoms with van der Waals surface area (Å²) in [5.41, 5.74) is 5.43. The average molecular weight is 308 g/mol. The monoisotopic (exact) mass is 308 g/mol. The first-order valence-corrected chi connectivity index (χ1v) is 8.28. The summed E-state index contributed by atoms with van der Waals surface area (Å²) in [5, 5.41) is -0.252. The van der Waals surface area contributed by atoms with E-state index in [2.05, 4.69) is 0 Å². The molecule has 2 nitrogen and oxygen atoms in total. The average Bonchev–Trinajstić information content (AvgIpc) is 3.25. The Morgan fingerprint density at radius 1 is 0.909 bits per heavy atom. The number of carbonyl (C=O) groups is 2. The third-order valence-electron chi connectivity index (χ3n) is 4.82. The maximum atomic E-state index is 13.1. The molecule has 0 bridgehead atoms. The van der Waals surface area contributed by atoms with Gasteiger partial charge in [-0.05, 0) is 49.6 Å². The quantitative estimate of drug-likeness (QED) is 0.747. The Labute approximate surface area is 133 Å². The van der Waals surface area contributed by atoms with Gasteiger partial charge in [-0.25, -0.2) is 0 Å². The predicted octanol–water partition coefficient (Wildman–Crippen LogP) is 4.00. The van der Waals surface area contributed by atoms with Gasteiger partial charge < -0.3 is 0 Å². The molecule has 4 rings (SSSR count). The molecule has 2 atom stereocenters. The van der Waals surface area contributed by atoms with Crippen molar-refractivity contribution in [1.82, 2.24) is 0 Å². The molecule has 0 saturated carbocycles. The number of hydrogen-bond donors (Lipinski definition) is 0. The first kappa shape index (κ1) is 13.8. The molecule has 0 radical (unpaired) electrons. The topological polar surface area (TPSA) is 34.1 Å². The van der Waals surface area contributed by atoms with E-state index in [1.807, 2.05) is 57.2 Å². The van der Waals surface area contributed by atoms with Crippen molar-refractivity contribution in [2.45, 2.75) is 30.8 Å². The van der Waals surface area contributed by atoms with Crippen LogP contribution in [0.4, 0.5) is 0 Å². The third kappa shape index (κ3) is 1.63. The van der Waals surface area contributed by atoms with Gasteiger partial charge in [0.2, 0.25) is 0 Å². The van der Waals surface area contributed by atoms with Crippen LogP contribution >= 0.6 is 11.8 Å². The summed E-state index contributed by atoms with van der Waals surface area (Å²) in [6.07, 6.45) is 0. The highest BCUT2D eigenvalue weighted by Gasteiger charge is 2.68. The Morgan fingerprint density at radius 2 is 1.50 bits per heavy atom. The molecule has 0 amide bonds. The molecule has 3 heteroatoms. The highest BCUT2D eigenvalue weighted by atomic mass is 32.2. The Morgan fingerprint density at radius 3 is 2.14 bits per heavy atom. The van der Waals surface area contributed by atoms with Crippen LogP contribution in [0.2, 0.25) is 0 Å². The van der Waals surface area contributed by atoms with Crippen molar-refractivity contribution in [3.63, 3.8) is 0 Å². The highest BCUT2D eigenvalue weighted by molar-refractivity contribution is 8.10. The number of rotatable bonds is 1. The van der Waals surface area contributed by atoms with Crippen LogP contribution < -0.4 is 0 Å². The summed E-state index contributed by atoms with van der Waals surface area (Å²) >= 11 is 1.49. The predicted molar refractivity (Wildman–Crippen MR) is 88.8 cm³/mol. The fraction of sp³-hybridized carbons (Fsp3) is 0.263. The van der Waals surface area contributed by atoms with E-state index in [1.54, 1.807) is 0 Å². The molecule has 1 aliphatic heterocycles. The molecule has 1 aliphatic carbocycles. The lowest BCUT2D eigenvalue weighted by molar-refractivity contribution is 0.0882. The number of carbonyl (C=O) groups excluding carboxylic acids is 2. The van der Waals surface area contributed by atoms with E-state index in [9.17, 15) is 9.59 Å². The normalized spacial score (nSPS) is 25.7. The van der Waals surface area contributed by atoms with Gasteiger partial charge in [-0.2, -0.15) is 0 Å². The van der Waals surface area contributed by atoms with Gasteiger partial charge in [0, 0.05) is 11.1 Å². The minimum absolute atomic E-state index is 0.0871. The van der Waals surface area contributed by atoms with Crippen LogP contribution in [0.15, 0.2) is 36.4 Å². The fourth-order valence-electron chi connectivity index (χ4n) is 3.26. The van der Waals surface area contributed by atoms with E-state index >= 15 is 0 Å². The first-order chi connectivity index (χ1) is 10.4. The molecule has 2 aromatic carbocycles. The largest absolute Gasteiger partial charge is 0.293 e. The maximum absolute atomic E-state index is 13.1. The summed E-state index contributed by atoms with van der Waals surface area (Å²) in [6, 6.07) is 11.7. The Balaban J connectivity index is 1.90. The minimum Gasteiger partial charge on any atom is -0.293 e. The number of aryl methyl sites for hydroxylation is 3. The van der Waals surface area contributed by atoms with Crippen molar-refractivity contribution in [2.75, 3.05) is 0 Å². The summed E-state index contributed by atoms with van der Waals surface area (Å²) < 4.78 is -0.681. The second-order valence-corrected chi connectivity index (χ2v) is 7.63. The van der Waals surface area contributed by atoms with Gasteiger partial charge in [0.25, 0.3) is 0 Å². The molecule has 2 aromatic rings. The number of hydrogen-bond acceptors (Lipinski definition) is 3. The minimum atomic E-state index is -0.681. The molecule has 22 heavy (non-hydrogen) atoms. The number of thioether (sulfide) groups is 1. The van der Waals surface area contributed by atoms with E-state index in [1.165, 1.54) is 11.8 Å². The number of Topliss-reactive ketones (excluding diaryl/α,β-unsaturated/α-hetero) is 2. The van der Waals surface area contributed by atoms with Gasteiger partial charge in [-0.1, -0.05) is 29.8 Å². The van der Waals surface area contributed by atoms with E-state index in [-0.39, 0.29) is 16.8 Å². The van der Waals surface area contributed by atoms with Gasteiger partial charge in [0.05, 0.1) is 5.25 Å². The molecule has 1 saturated heterocycles. The van der Waals surface area contributed by atoms with Gasteiger partial charge >= 0.3 is 0 Å². The Hall–Kier alpha value is -1.87. The molecule has 0 aromatic heterocycles. The molecule has 1 fully saturated rings. The lowest BCUT2D eigenvalue weighted by Gasteiger charge is -2.22. The fourth-order valence-corrected chi connectivity index (χ4v) is 4.64. The first-order valence-electron chi connectivity index (χ1n) is 7.40. The van der Waals surface area contributed by atoms with E-state index in [4.69, 9.17) is 0 Å². The molecule has 110 valence electrons. The van der Waals surface area contributed by atoms with E-state index in [0.29, 0.717) is 11.1 Å². The van der Waals surface area contributed by atoms with Crippen molar-refractivity contribution in [3.05, 3.63) is 69.8 Å². The van der Waals surface area contributed by atoms with Crippen molar-refractivity contribution in [1.29, 1.82) is 0 Å². The Kier molecular flexibility index (Phi) is 2.71.